The van der Waals surface area contributed by atoms with Gasteiger partial charge < -0.3 is 14.7 Å². The van der Waals surface area contributed by atoms with Crippen molar-refractivity contribution in [1.29, 1.82) is 0 Å². The summed E-state index contributed by atoms with van der Waals surface area (Å²) in [5.41, 5.74) is 1.30. The fourth-order valence-corrected chi connectivity index (χ4v) is 5.79. The Morgan fingerprint density at radius 3 is 2.41 bits per heavy atom. The maximum atomic E-state index is 11.9. The van der Waals surface area contributed by atoms with E-state index in [0.717, 1.165) is 29.1 Å². The summed E-state index contributed by atoms with van der Waals surface area (Å²) in [6.45, 7) is 2.92. The summed E-state index contributed by atoms with van der Waals surface area (Å²) in [5, 5.41) is 11.3. The van der Waals surface area contributed by atoms with Crippen LogP contribution in [0.15, 0.2) is 52.4 Å². The van der Waals surface area contributed by atoms with Crippen LogP contribution in [0.3, 0.4) is 0 Å². The molecule has 0 unspecified atom stereocenters. The Morgan fingerprint density at radius 2 is 1.73 bits per heavy atom. The predicted molar refractivity (Wildman–Crippen MR) is 155 cm³/mol. The quantitative estimate of drug-likeness (QED) is 0.149. The maximum absolute atomic E-state index is 11.9. The van der Waals surface area contributed by atoms with Crippen LogP contribution in [0.25, 0.3) is 16.8 Å². The molecule has 0 aromatic heterocycles. The minimum atomic E-state index is -4.46. The first-order chi connectivity index (χ1) is 19.4. The van der Waals surface area contributed by atoms with Crippen molar-refractivity contribution >= 4 is 54.4 Å². The number of fused-ring (bicyclic) bond motifs is 4. The highest BCUT2D eigenvalue weighted by atomic mass is 32.2. The number of aliphatic carboxylic acids is 1. The number of hydrogen-bond acceptors (Lipinski definition) is 8. The molecule has 1 aliphatic heterocycles. The fourth-order valence-electron chi connectivity index (χ4n) is 4.79. The second kappa shape index (κ2) is 12.6. The fraction of sp³-hybridized carbons (Fsp3) is 0.357. The van der Waals surface area contributed by atoms with Gasteiger partial charge in [0.15, 0.2) is 11.5 Å². The van der Waals surface area contributed by atoms with Gasteiger partial charge in [0, 0.05) is 36.7 Å². The van der Waals surface area contributed by atoms with Gasteiger partial charge in [-0.3, -0.25) is 13.9 Å². The van der Waals surface area contributed by atoms with E-state index in [0.29, 0.717) is 53.9 Å². The topological polar surface area (TPSA) is 171 Å². The summed E-state index contributed by atoms with van der Waals surface area (Å²) in [6.07, 6.45) is 5.12. The van der Waals surface area contributed by atoms with Crippen molar-refractivity contribution in [2.75, 3.05) is 23.7 Å². The summed E-state index contributed by atoms with van der Waals surface area (Å²) < 4.78 is 71.0. The first kappa shape index (κ1) is 30.4. The van der Waals surface area contributed by atoms with Crippen molar-refractivity contribution in [3.05, 3.63) is 53.0 Å². The van der Waals surface area contributed by atoms with E-state index in [1.165, 1.54) is 12.1 Å². The summed E-state index contributed by atoms with van der Waals surface area (Å²) in [6, 6.07) is 11.5. The zero-order valence-electron chi connectivity index (χ0n) is 22.5. The van der Waals surface area contributed by atoms with Crippen LogP contribution < -0.4 is 20.2 Å². The molecular weight excluding hydrogens is 572 g/mol. The molecule has 0 atom stereocenters. The molecule has 0 saturated carbocycles. The molecule has 0 bridgehead atoms. The number of unbranched alkanes of at least 4 members (excludes halogenated alkanes) is 3. The lowest BCUT2D eigenvalue weighted by atomic mass is 10.0. The lowest BCUT2D eigenvalue weighted by molar-refractivity contribution is -0.137. The van der Waals surface area contributed by atoms with Gasteiger partial charge in [-0.2, -0.15) is 16.8 Å². The highest BCUT2D eigenvalue weighted by Crippen LogP contribution is 2.37. The van der Waals surface area contributed by atoms with Crippen molar-refractivity contribution in [2.24, 2.45) is 4.99 Å². The van der Waals surface area contributed by atoms with Crippen molar-refractivity contribution in [1.82, 2.24) is 0 Å². The molecule has 13 heteroatoms. The normalized spacial score (nSPS) is 13.3. The Balaban J connectivity index is 1.72. The predicted octanol–water partition coefficient (Wildman–Crippen LogP) is 4.06. The van der Waals surface area contributed by atoms with E-state index in [2.05, 4.69) is 0 Å². The zero-order chi connectivity index (χ0) is 29.8. The van der Waals surface area contributed by atoms with Crippen LogP contribution in [-0.4, -0.2) is 55.9 Å². The second-order valence-corrected chi connectivity index (χ2v) is 12.8. The molecule has 0 spiro atoms. The third-order valence-corrected chi connectivity index (χ3v) is 8.46. The Morgan fingerprint density at radius 1 is 0.951 bits per heavy atom. The molecule has 1 heterocycles. The van der Waals surface area contributed by atoms with E-state index in [1.807, 2.05) is 30.0 Å². The van der Waals surface area contributed by atoms with Gasteiger partial charge in [0.1, 0.15) is 11.0 Å². The van der Waals surface area contributed by atoms with Crippen LogP contribution in [0, 0.1) is 0 Å². The Bertz CT molecular complexity index is 1800. The molecule has 0 aliphatic carbocycles. The second-order valence-electron chi connectivity index (χ2n) is 9.78. The summed E-state index contributed by atoms with van der Waals surface area (Å²) in [7, 11) is -8.52. The van der Waals surface area contributed by atoms with Crippen LogP contribution >= 0.6 is 0 Å². The van der Waals surface area contributed by atoms with Crippen LogP contribution in [0.2, 0.25) is 0 Å². The average molecular weight is 605 g/mol. The first-order valence-electron chi connectivity index (χ1n) is 13.2. The highest BCUT2D eigenvalue weighted by Gasteiger charge is 2.19. The minimum absolute atomic E-state index is 0.118. The van der Waals surface area contributed by atoms with Gasteiger partial charge in [-0.1, -0.05) is 18.6 Å². The number of anilines is 1. The van der Waals surface area contributed by atoms with Gasteiger partial charge in [-0.15, -0.1) is 0 Å². The standard InChI is InChI=1S/C28H32N2O9S2/c1-2-30(14-7-15-40(33,34)35)20-10-13-24-25(17-20)39-26-16-19(8-5-3-4-6-9-27(31)32)22-12-11-21(41(36,37)38)18-23(22)28(26)29-24/h8,10-13,16-18H,2-7,9,14-15H2,1H3,(H,31,32)(H,33,34,35)(H,36,37,38)/b19-8-. The monoisotopic (exact) mass is 604 g/mol. The lowest BCUT2D eigenvalue weighted by Crippen LogP contribution is -2.25. The molecule has 0 amide bonds. The number of rotatable bonds is 13. The van der Waals surface area contributed by atoms with Gasteiger partial charge >= 0.3 is 5.97 Å². The van der Waals surface area contributed by atoms with E-state index in [4.69, 9.17) is 19.4 Å². The zero-order valence-corrected chi connectivity index (χ0v) is 24.1. The van der Waals surface area contributed by atoms with Gasteiger partial charge in [-0.05, 0) is 73.5 Å². The van der Waals surface area contributed by atoms with Crippen molar-refractivity contribution < 1.29 is 40.6 Å². The molecule has 220 valence electrons. The van der Waals surface area contributed by atoms with Crippen LogP contribution in [0.5, 0.6) is 11.5 Å². The Labute approximate surface area is 238 Å². The molecule has 1 aliphatic rings. The van der Waals surface area contributed by atoms with Crippen molar-refractivity contribution in [2.45, 2.75) is 50.3 Å². The molecule has 11 nitrogen and oxygen atoms in total. The van der Waals surface area contributed by atoms with E-state index < -0.39 is 26.2 Å². The number of hydrogen-bond donors (Lipinski definition) is 3. The largest absolute Gasteiger partial charge is 0.481 e. The van der Waals surface area contributed by atoms with Crippen molar-refractivity contribution in [3.63, 3.8) is 0 Å². The molecule has 0 fully saturated rings. The van der Waals surface area contributed by atoms with Crippen LogP contribution in [-0.2, 0) is 25.0 Å². The Hall–Kier alpha value is -3.52. The first-order valence-corrected chi connectivity index (χ1v) is 16.3. The number of carboxylic acids is 1. The number of ether oxygens (including phenoxy) is 1. The van der Waals surface area contributed by atoms with Crippen LogP contribution in [0.1, 0.15) is 45.4 Å². The highest BCUT2D eigenvalue weighted by molar-refractivity contribution is 7.86. The molecule has 4 rings (SSSR count). The lowest BCUT2D eigenvalue weighted by Gasteiger charge is -2.25. The maximum Gasteiger partial charge on any atom is 0.303 e. The van der Waals surface area contributed by atoms with Crippen molar-refractivity contribution in [3.8, 4) is 11.5 Å². The smallest absolute Gasteiger partial charge is 0.303 e. The molecule has 3 aromatic rings. The number of benzene rings is 3. The third-order valence-electron chi connectivity index (χ3n) is 6.81. The van der Waals surface area contributed by atoms with Crippen LogP contribution in [0.4, 0.5) is 11.4 Å². The number of carboxylic acid groups (broad SMARTS) is 1. The SMILES string of the molecule is CCN(CCCS(=O)(=O)O)c1ccc2c(c1)Oc1c/c(=C/CCCCCC(=O)O)c3ccc(S(=O)(=O)O)cc3c1=N2. The molecule has 3 N–H and O–H groups in total. The van der Waals surface area contributed by atoms with Gasteiger partial charge in [0.2, 0.25) is 0 Å². The summed E-state index contributed by atoms with van der Waals surface area (Å²) in [5.74, 6) is -0.298. The van der Waals surface area contributed by atoms with E-state index >= 15 is 0 Å². The Kier molecular flexibility index (Phi) is 9.32. The van der Waals surface area contributed by atoms with E-state index in [1.54, 1.807) is 18.2 Å². The molecule has 0 saturated heterocycles. The van der Waals surface area contributed by atoms with Gasteiger partial charge in [0.05, 0.1) is 10.6 Å². The number of carbonyl (C=O) groups is 1. The molecule has 0 radical (unpaired) electrons. The average Bonchev–Trinajstić information content (AvgIpc) is 2.90. The summed E-state index contributed by atoms with van der Waals surface area (Å²) >= 11 is 0. The van der Waals surface area contributed by atoms with Gasteiger partial charge in [0.25, 0.3) is 20.2 Å². The van der Waals surface area contributed by atoms with E-state index in [-0.39, 0.29) is 23.5 Å². The van der Waals surface area contributed by atoms with E-state index in [9.17, 15) is 26.2 Å². The molecule has 3 aromatic carbocycles. The molecular formula is C28H32N2O9S2. The summed E-state index contributed by atoms with van der Waals surface area (Å²) in [4.78, 5) is 17.2. The van der Waals surface area contributed by atoms with Gasteiger partial charge in [-0.25, -0.2) is 4.99 Å². The number of nitrogens with zero attached hydrogens (tertiary/aromatic N) is 2. The minimum Gasteiger partial charge on any atom is -0.481 e. The third kappa shape index (κ3) is 7.82. The molecule has 41 heavy (non-hydrogen) atoms.